The van der Waals surface area contributed by atoms with E-state index in [-0.39, 0.29) is 12.1 Å². The van der Waals surface area contributed by atoms with Gasteiger partial charge in [-0.2, -0.15) is 0 Å². The number of hydrogen-bond donors (Lipinski definition) is 1. The van der Waals surface area contributed by atoms with Crippen molar-refractivity contribution in [2.24, 2.45) is 0 Å². The minimum atomic E-state index is -0.560. The first-order valence-electron chi connectivity index (χ1n) is 9.93. The second-order valence-corrected chi connectivity index (χ2v) is 9.39. The molecule has 160 valence electrons. The first kappa shape index (κ1) is 21.1. The van der Waals surface area contributed by atoms with Gasteiger partial charge < -0.3 is 24.0 Å². The number of fused-ring (bicyclic) bond motifs is 3. The quantitative estimate of drug-likeness (QED) is 0.764. The zero-order valence-electron chi connectivity index (χ0n) is 18.1. The summed E-state index contributed by atoms with van der Waals surface area (Å²) in [4.78, 5) is 28.3. The van der Waals surface area contributed by atoms with Crippen LogP contribution in [0.2, 0.25) is 0 Å². The third kappa shape index (κ3) is 5.46. The summed E-state index contributed by atoms with van der Waals surface area (Å²) in [5.74, 6) is 0.709. The average molecular weight is 405 g/mol. The lowest BCUT2D eigenvalue weighted by atomic mass is 10.1. The Labute approximate surface area is 172 Å². The topological polar surface area (TPSA) is 80.3 Å². The van der Waals surface area contributed by atoms with E-state index >= 15 is 0 Å². The van der Waals surface area contributed by atoms with Crippen molar-refractivity contribution in [3.8, 4) is 5.75 Å². The van der Waals surface area contributed by atoms with Crippen LogP contribution in [0.1, 0.15) is 41.5 Å². The highest BCUT2D eigenvalue weighted by molar-refractivity contribution is 5.86. The van der Waals surface area contributed by atoms with Gasteiger partial charge in [0.2, 0.25) is 0 Å². The number of anilines is 2. The van der Waals surface area contributed by atoms with E-state index in [0.29, 0.717) is 37.7 Å². The van der Waals surface area contributed by atoms with Crippen LogP contribution in [0, 0.1) is 0 Å². The molecule has 1 aromatic carbocycles. The molecule has 0 bridgehead atoms. The van der Waals surface area contributed by atoms with Crippen molar-refractivity contribution in [1.29, 1.82) is 0 Å². The van der Waals surface area contributed by atoms with Gasteiger partial charge in [-0.15, -0.1) is 0 Å². The van der Waals surface area contributed by atoms with Gasteiger partial charge in [-0.3, -0.25) is 5.32 Å². The number of benzene rings is 1. The van der Waals surface area contributed by atoms with E-state index in [1.807, 2.05) is 53.7 Å². The molecule has 0 aliphatic carbocycles. The van der Waals surface area contributed by atoms with E-state index in [2.05, 4.69) is 10.2 Å². The largest absolute Gasteiger partial charge is 0.489 e. The molecule has 2 aliphatic rings. The summed E-state index contributed by atoms with van der Waals surface area (Å²) in [7, 11) is 0. The van der Waals surface area contributed by atoms with Crippen molar-refractivity contribution in [3.05, 3.63) is 18.2 Å². The molecule has 2 amide bonds. The number of rotatable bonds is 1. The van der Waals surface area contributed by atoms with Crippen LogP contribution in [-0.2, 0) is 9.47 Å². The number of piperazine rings is 1. The Morgan fingerprint density at radius 2 is 1.76 bits per heavy atom. The summed E-state index contributed by atoms with van der Waals surface area (Å²) < 4.78 is 16.7. The molecule has 3 rings (SSSR count). The number of nitrogens with zero attached hydrogens (tertiary/aromatic N) is 2. The Hall–Kier alpha value is -2.64. The lowest BCUT2D eigenvalue weighted by Crippen LogP contribution is -2.59. The predicted molar refractivity (Wildman–Crippen MR) is 111 cm³/mol. The molecule has 1 saturated heterocycles. The maximum atomic E-state index is 12.4. The standard InChI is InChI=1S/C21H31N3O5/c1-20(2,3)28-18(25)22-14-7-8-16-17(11-14)27-13-15-12-23(9-10-24(15)16)19(26)29-21(4,5)6/h7-8,11,15H,9-10,12-13H2,1-6H3,(H,22,25). The first-order valence-corrected chi connectivity index (χ1v) is 9.93. The van der Waals surface area contributed by atoms with Gasteiger partial charge in [-0.1, -0.05) is 0 Å². The smallest absolute Gasteiger partial charge is 0.412 e. The fraction of sp³-hybridized carbons (Fsp3) is 0.619. The summed E-state index contributed by atoms with van der Waals surface area (Å²) in [6.45, 7) is 13.3. The average Bonchev–Trinajstić information content (AvgIpc) is 2.57. The van der Waals surface area contributed by atoms with Gasteiger partial charge in [-0.25, -0.2) is 9.59 Å². The number of ether oxygens (including phenoxy) is 3. The summed E-state index contributed by atoms with van der Waals surface area (Å²) >= 11 is 0. The van der Waals surface area contributed by atoms with Crippen LogP contribution < -0.4 is 15.0 Å². The highest BCUT2D eigenvalue weighted by Crippen LogP contribution is 2.37. The second kappa shape index (κ2) is 7.65. The van der Waals surface area contributed by atoms with Gasteiger partial charge in [0.25, 0.3) is 0 Å². The van der Waals surface area contributed by atoms with Crippen molar-refractivity contribution in [3.63, 3.8) is 0 Å². The van der Waals surface area contributed by atoms with Gasteiger partial charge >= 0.3 is 12.2 Å². The molecule has 2 heterocycles. The van der Waals surface area contributed by atoms with Crippen LogP contribution in [-0.4, -0.2) is 60.6 Å². The number of carbonyl (C=O) groups excluding carboxylic acids is 2. The molecule has 1 fully saturated rings. The summed E-state index contributed by atoms with van der Waals surface area (Å²) in [6, 6.07) is 5.62. The third-order valence-corrected chi connectivity index (χ3v) is 4.48. The highest BCUT2D eigenvalue weighted by Gasteiger charge is 2.36. The van der Waals surface area contributed by atoms with Crippen molar-refractivity contribution >= 4 is 23.6 Å². The highest BCUT2D eigenvalue weighted by atomic mass is 16.6. The molecule has 1 unspecified atom stereocenters. The molecule has 1 atom stereocenters. The van der Waals surface area contributed by atoms with Gasteiger partial charge in [0.05, 0.1) is 11.7 Å². The van der Waals surface area contributed by atoms with Gasteiger partial charge in [0, 0.05) is 31.4 Å². The van der Waals surface area contributed by atoms with E-state index < -0.39 is 17.3 Å². The fourth-order valence-electron chi connectivity index (χ4n) is 3.36. The number of hydrogen-bond acceptors (Lipinski definition) is 6. The maximum absolute atomic E-state index is 12.4. The van der Waals surface area contributed by atoms with Crippen LogP contribution in [0.5, 0.6) is 5.75 Å². The second-order valence-electron chi connectivity index (χ2n) is 9.39. The van der Waals surface area contributed by atoms with Crippen molar-refractivity contribution < 1.29 is 23.8 Å². The lowest BCUT2D eigenvalue weighted by molar-refractivity contribution is 0.0194. The van der Waals surface area contributed by atoms with Crippen LogP contribution in [0.15, 0.2) is 18.2 Å². The van der Waals surface area contributed by atoms with Crippen molar-refractivity contribution in [2.45, 2.75) is 58.8 Å². The Morgan fingerprint density at radius 3 is 2.41 bits per heavy atom. The lowest BCUT2D eigenvalue weighted by Gasteiger charge is -2.45. The van der Waals surface area contributed by atoms with Crippen LogP contribution in [0.3, 0.4) is 0 Å². The van der Waals surface area contributed by atoms with E-state index in [9.17, 15) is 9.59 Å². The van der Waals surface area contributed by atoms with E-state index in [0.717, 1.165) is 5.69 Å². The SMILES string of the molecule is CC(C)(C)OC(=O)Nc1ccc2c(c1)OCC1CN(C(=O)OC(C)(C)C)CCN21. The van der Waals surface area contributed by atoms with Gasteiger partial charge in [-0.05, 0) is 53.7 Å². The number of amides is 2. The van der Waals surface area contributed by atoms with Crippen molar-refractivity contribution in [2.75, 3.05) is 36.5 Å². The molecule has 8 nitrogen and oxygen atoms in total. The Morgan fingerprint density at radius 1 is 1.07 bits per heavy atom. The summed E-state index contributed by atoms with van der Waals surface area (Å²) in [5, 5.41) is 2.74. The van der Waals surface area contributed by atoms with Gasteiger partial charge in [0.15, 0.2) is 0 Å². The number of nitrogens with one attached hydrogen (secondary N) is 1. The third-order valence-electron chi connectivity index (χ3n) is 4.48. The van der Waals surface area contributed by atoms with E-state index in [1.54, 1.807) is 11.0 Å². The molecular weight excluding hydrogens is 374 g/mol. The predicted octanol–water partition coefficient (Wildman–Crippen LogP) is 3.85. The monoisotopic (exact) mass is 405 g/mol. The molecule has 0 spiro atoms. The minimum Gasteiger partial charge on any atom is -0.489 e. The van der Waals surface area contributed by atoms with Crippen LogP contribution >= 0.6 is 0 Å². The molecule has 8 heteroatoms. The minimum absolute atomic E-state index is 0.0634. The molecule has 1 aromatic rings. The zero-order valence-corrected chi connectivity index (χ0v) is 18.1. The summed E-state index contributed by atoms with van der Waals surface area (Å²) in [5.41, 5.74) is 0.501. The van der Waals surface area contributed by atoms with Crippen LogP contribution in [0.25, 0.3) is 0 Å². The van der Waals surface area contributed by atoms with Crippen LogP contribution in [0.4, 0.5) is 21.0 Å². The Kier molecular flexibility index (Phi) is 5.56. The molecule has 1 N–H and O–H groups in total. The molecule has 0 saturated carbocycles. The van der Waals surface area contributed by atoms with Crippen molar-refractivity contribution in [1.82, 2.24) is 4.90 Å². The molecule has 0 aromatic heterocycles. The molecule has 0 radical (unpaired) electrons. The molecule has 29 heavy (non-hydrogen) atoms. The zero-order chi connectivity index (χ0) is 21.4. The summed E-state index contributed by atoms with van der Waals surface area (Å²) in [6.07, 6.45) is -0.794. The molecule has 2 aliphatic heterocycles. The Bertz CT molecular complexity index is 782. The van der Waals surface area contributed by atoms with E-state index in [4.69, 9.17) is 14.2 Å². The van der Waals surface area contributed by atoms with E-state index in [1.165, 1.54) is 0 Å². The van der Waals surface area contributed by atoms with Gasteiger partial charge in [0.1, 0.15) is 23.6 Å². The first-order chi connectivity index (χ1) is 13.4. The number of carbonyl (C=O) groups is 2. The Balaban J connectivity index is 1.65. The fourth-order valence-corrected chi connectivity index (χ4v) is 3.36. The normalized spacial score (nSPS) is 18.9. The maximum Gasteiger partial charge on any atom is 0.412 e. The molecular formula is C21H31N3O5.